The van der Waals surface area contributed by atoms with E-state index in [1.165, 1.54) is 6.07 Å². The highest BCUT2D eigenvalue weighted by molar-refractivity contribution is 7.91. The lowest BCUT2D eigenvalue weighted by Crippen LogP contribution is -2.11. The first-order valence-electron chi connectivity index (χ1n) is 6.64. The van der Waals surface area contributed by atoms with Crippen LogP contribution in [-0.2, 0) is 10.0 Å². The predicted molar refractivity (Wildman–Crippen MR) is 90.1 cm³/mol. The predicted octanol–water partition coefficient (Wildman–Crippen LogP) is 2.50. The van der Waals surface area contributed by atoms with Gasteiger partial charge in [-0.25, -0.2) is 13.6 Å². The van der Waals surface area contributed by atoms with Crippen molar-refractivity contribution in [1.29, 1.82) is 0 Å². The number of amides is 1. The fourth-order valence-corrected chi connectivity index (χ4v) is 4.02. The molecule has 0 aliphatic rings. The van der Waals surface area contributed by atoms with Crippen molar-refractivity contribution < 1.29 is 13.2 Å². The van der Waals surface area contributed by atoms with Crippen molar-refractivity contribution in [3.63, 3.8) is 0 Å². The number of hydrogen-bond acceptors (Lipinski definition) is 5. The Balaban J connectivity index is 1.90. The van der Waals surface area contributed by atoms with E-state index in [9.17, 15) is 13.2 Å². The summed E-state index contributed by atoms with van der Waals surface area (Å²) in [7, 11) is -3.81. The van der Waals surface area contributed by atoms with Crippen LogP contribution in [0, 0.1) is 6.92 Å². The van der Waals surface area contributed by atoms with Gasteiger partial charge in [-0.2, -0.15) is 0 Å². The first-order valence-corrected chi connectivity index (χ1v) is 9.00. The molecule has 0 spiro atoms. The second-order valence-corrected chi connectivity index (χ2v) is 7.83. The van der Waals surface area contributed by atoms with Crippen LogP contribution in [0.5, 0.6) is 0 Å². The van der Waals surface area contributed by atoms with Gasteiger partial charge in [0.25, 0.3) is 5.91 Å². The molecule has 2 heterocycles. The van der Waals surface area contributed by atoms with E-state index in [2.05, 4.69) is 10.3 Å². The second kappa shape index (κ2) is 5.73. The number of hydrogen-bond donors (Lipinski definition) is 2. The molecule has 6 nitrogen and oxygen atoms in total. The number of rotatable bonds is 3. The van der Waals surface area contributed by atoms with E-state index in [4.69, 9.17) is 5.14 Å². The van der Waals surface area contributed by atoms with E-state index in [0.717, 1.165) is 22.2 Å². The van der Waals surface area contributed by atoms with Crippen LogP contribution >= 0.6 is 11.3 Å². The molecule has 0 aliphatic heterocycles. The summed E-state index contributed by atoms with van der Waals surface area (Å²) < 4.78 is 22.7. The Morgan fingerprint density at radius 3 is 2.74 bits per heavy atom. The summed E-state index contributed by atoms with van der Waals surface area (Å²) in [5, 5.41) is 8.76. The average molecular weight is 347 g/mol. The maximum absolute atomic E-state index is 12.4. The van der Waals surface area contributed by atoms with Crippen LogP contribution in [0.15, 0.2) is 46.8 Å². The molecule has 1 amide bonds. The van der Waals surface area contributed by atoms with Gasteiger partial charge < -0.3 is 5.32 Å². The fraction of sp³-hybridized carbons (Fsp3) is 0.0667. The molecular weight excluding hydrogens is 334 g/mol. The number of nitrogens with two attached hydrogens (primary N) is 1. The van der Waals surface area contributed by atoms with Gasteiger partial charge >= 0.3 is 0 Å². The van der Waals surface area contributed by atoms with Gasteiger partial charge in [-0.15, -0.1) is 11.3 Å². The third-order valence-electron chi connectivity index (χ3n) is 3.24. The minimum absolute atomic E-state index is 0.0251. The molecule has 3 N–H and O–H groups in total. The summed E-state index contributed by atoms with van der Waals surface area (Å²) in [6.45, 7) is 1.67. The molecule has 0 saturated carbocycles. The number of thiophene rings is 1. The maximum Gasteiger partial charge on any atom is 0.266 e. The van der Waals surface area contributed by atoms with Gasteiger partial charge in [0.2, 0.25) is 10.0 Å². The number of nitrogens with one attached hydrogen (secondary N) is 1. The molecule has 3 rings (SSSR count). The number of anilines is 1. The van der Waals surface area contributed by atoms with Gasteiger partial charge in [0, 0.05) is 17.3 Å². The fourth-order valence-electron chi connectivity index (χ4n) is 2.16. The molecule has 2 aromatic heterocycles. The SMILES string of the molecule is Cc1cc(S(N)(=O)=O)sc1C(=O)Nc1ccc2ncccc2c1. The number of fused-ring (bicyclic) bond motifs is 1. The number of primary sulfonamides is 1. The summed E-state index contributed by atoms with van der Waals surface area (Å²) in [6, 6.07) is 10.5. The van der Waals surface area contributed by atoms with Crippen molar-refractivity contribution in [2.24, 2.45) is 5.14 Å². The first-order chi connectivity index (χ1) is 10.8. The summed E-state index contributed by atoms with van der Waals surface area (Å²) in [4.78, 5) is 16.9. The Morgan fingerprint density at radius 1 is 1.26 bits per heavy atom. The van der Waals surface area contributed by atoms with E-state index in [1.54, 1.807) is 19.2 Å². The minimum Gasteiger partial charge on any atom is -0.321 e. The number of carbonyl (C=O) groups excluding carboxylic acids is 1. The van der Waals surface area contributed by atoms with Gasteiger partial charge in [0.05, 0.1) is 10.4 Å². The topological polar surface area (TPSA) is 102 Å². The van der Waals surface area contributed by atoms with Crippen LogP contribution in [0.25, 0.3) is 10.9 Å². The first kappa shape index (κ1) is 15.6. The Bertz CT molecular complexity index is 1010. The maximum atomic E-state index is 12.4. The summed E-state index contributed by atoms with van der Waals surface area (Å²) in [5.41, 5.74) is 2.01. The molecule has 118 valence electrons. The van der Waals surface area contributed by atoms with Gasteiger partial charge in [-0.05, 0) is 42.8 Å². The average Bonchev–Trinajstić information content (AvgIpc) is 2.89. The number of aryl methyl sites for hydroxylation is 1. The van der Waals surface area contributed by atoms with E-state index >= 15 is 0 Å². The van der Waals surface area contributed by atoms with Crippen LogP contribution in [0.3, 0.4) is 0 Å². The number of carbonyl (C=O) groups is 1. The lowest BCUT2D eigenvalue weighted by Gasteiger charge is -2.05. The Kier molecular flexibility index (Phi) is 3.88. The number of pyridine rings is 1. The second-order valence-electron chi connectivity index (χ2n) is 4.99. The highest BCUT2D eigenvalue weighted by atomic mass is 32.2. The zero-order chi connectivity index (χ0) is 16.6. The minimum atomic E-state index is -3.81. The summed E-state index contributed by atoms with van der Waals surface area (Å²) in [6.07, 6.45) is 1.70. The van der Waals surface area contributed by atoms with Crippen molar-refractivity contribution in [1.82, 2.24) is 4.98 Å². The van der Waals surface area contributed by atoms with Crippen LogP contribution in [-0.4, -0.2) is 19.3 Å². The van der Waals surface area contributed by atoms with Crippen LogP contribution in [0.1, 0.15) is 15.2 Å². The Morgan fingerprint density at radius 2 is 2.04 bits per heavy atom. The van der Waals surface area contributed by atoms with Crippen molar-refractivity contribution in [2.45, 2.75) is 11.1 Å². The normalized spacial score (nSPS) is 11.6. The van der Waals surface area contributed by atoms with Gasteiger partial charge in [-0.1, -0.05) is 6.07 Å². The largest absolute Gasteiger partial charge is 0.321 e. The van der Waals surface area contributed by atoms with Crippen LogP contribution in [0.2, 0.25) is 0 Å². The Hall–Kier alpha value is -2.29. The smallest absolute Gasteiger partial charge is 0.266 e. The number of sulfonamides is 1. The van der Waals surface area contributed by atoms with Gasteiger partial charge in [0.15, 0.2) is 0 Å². The standard InChI is InChI=1S/C15H13N3O3S2/c1-9-7-13(23(16,20)21)22-14(9)15(19)18-11-4-5-12-10(8-11)3-2-6-17-12/h2-8H,1H3,(H,18,19)(H2,16,20,21). The van der Waals surface area contributed by atoms with Gasteiger partial charge in [-0.3, -0.25) is 9.78 Å². The molecule has 0 unspecified atom stereocenters. The summed E-state index contributed by atoms with van der Waals surface area (Å²) >= 11 is 0.860. The quantitative estimate of drug-likeness (QED) is 0.760. The number of benzene rings is 1. The van der Waals surface area contributed by atoms with Crippen molar-refractivity contribution in [2.75, 3.05) is 5.32 Å². The number of nitrogens with zero attached hydrogens (tertiary/aromatic N) is 1. The van der Waals surface area contributed by atoms with E-state index in [-0.39, 0.29) is 10.1 Å². The molecule has 1 aromatic carbocycles. The lowest BCUT2D eigenvalue weighted by atomic mass is 10.2. The van der Waals surface area contributed by atoms with E-state index in [1.807, 2.05) is 24.3 Å². The van der Waals surface area contributed by atoms with Crippen molar-refractivity contribution in [3.8, 4) is 0 Å². The lowest BCUT2D eigenvalue weighted by molar-refractivity contribution is 0.103. The van der Waals surface area contributed by atoms with Crippen molar-refractivity contribution >= 4 is 43.9 Å². The van der Waals surface area contributed by atoms with Crippen molar-refractivity contribution in [3.05, 3.63) is 53.0 Å². The van der Waals surface area contributed by atoms with Crippen LogP contribution < -0.4 is 10.5 Å². The van der Waals surface area contributed by atoms with Crippen LogP contribution in [0.4, 0.5) is 5.69 Å². The summed E-state index contributed by atoms with van der Waals surface area (Å²) in [5.74, 6) is -0.370. The molecule has 0 aliphatic carbocycles. The molecule has 8 heteroatoms. The highest BCUT2D eigenvalue weighted by Gasteiger charge is 2.19. The molecule has 0 bridgehead atoms. The number of aromatic nitrogens is 1. The molecule has 23 heavy (non-hydrogen) atoms. The highest BCUT2D eigenvalue weighted by Crippen LogP contribution is 2.26. The zero-order valence-electron chi connectivity index (χ0n) is 12.1. The molecule has 0 fully saturated rings. The molecule has 0 atom stereocenters. The third kappa shape index (κ3) is 3.24. The third-order valence-corrected chi connectivity index (χ3v) is 5.90. The zero-order valence-corrected chi connectivity index (χ0v) is 13.7. The van der Waals surface area contributed by atoms with Gasteiger partial charge in [0.1, 0.15) is 4.21 Å². The van der Waals surface area contributed by atoms with E-state index in [0.29, 0.717) is 16.1 Å². The van der Waals surface area contributed by atoms with E-state index < -0.39 is 10.0 Å². The molecule has 0 saturated heterocycles. The molecule has 0 radical (unpaired) electrons. The molecular formula is C15H13N3O3S2. The monoisotopic (exact) mass is 347 g/mol. The Labute approximate surface area is 137 Å². The molecule has 3 aromatic rings.